The Labute approximate surface area is 152 Å². The van der Waals surface area contributed by atoms with E-state index in [0.717, 1.165) is 17.7 Å². The zero-order chi connectivity index (χ0) is 19.1. The third kappa shape index (κ3) is 5.12. The zero-order valence-electron chi connectivity index (χ0n) is 14.9. The van der Waals surface area contributed by atoms with E-state index in [0.29, 0.717) is 13.1 Å². The number of anilines is 1. The molecule has 0 aliphatic carbocycles. The zero-order valence-corrected chi connectivity index (χ0v) is 14.9. The molecule has 0 saturated heterocycles. The molecular weight excluding hydrogens is 338 g/mol. The lowest BCUT2D eigenvalue weighted by Gasteiger charge is -2.25. The van der Waals surface area contributed by atoms with Gasteiger partial charge in [-0.1, -0.05) is 30.3 Å². The van der Waals surface area contributed by atoms with Gasteiger partial charge in [0.25, 0.3) is 0 Å². The monoisotopic (exact) mass is 360 g/mol. The van der Waals surface area contributed by atoms with Gasteiger partial charge in [-0.2, -0.15) is 0 Å². The van der Waals surface area contributed by atoms with Crippen molar-refractivity contribution in [3.8, 4) is 0 Å². The third-order valence-electron chi connectivity index (χ3n) is 4.09. The number of carbonyl (C=O) groups excluding carboxylic acids is 2. The summed E-state index contributed by atoms with van der Waals surface area (Å²) in [6, 6.07) is 12.9. The van der Waals surface area contributed by atoms with Crippen LogP contribution in [-0.4, -0.2) is 29.8 Å². The van der Waals surface area contributed by atoms with Gasteiger partial charge in [0.15, 0.2) is 11.6 Å². The van der Waals surface area contributed by atoms with Crippen molar-refractivity contribution in [3.05, 3.63) is 65.7 Å². The predicted octanol–water partition coefficient (Wildman–Crippen LogP) is 3.76. The highest BCUT2D eigenvalue weighted by Crippen LogP contribution is 2.19. The minimum absolute atomic E-state index is 0.0965. The van der Waals surface area contributed by atoms with Crippen molar-refractivity contribution in [3.63, 3.8) is 0 Å². The molecule has 138 valence electrons. The lowest BCUT2D eigenvalue weighted by Crippen LogP contribution is -2.36. The third-order valence-corrected chi connectivity index (χ3v) is 4.09. The van der Waals surface area contributed by atoms with Crippen LogP contribution in [0.25, 0.3) is 0 Å². The predicted molar refractivity (Wildman–Crippen MR) is 96.5 cm³/mol. The fraction of sp³-hybridized carbons (Fsp3) is 0.300. The van der Waals surface area contributed by atoms with Crippen molar-refractivity contribution < 1.29 is 18.4 Å². The Hall–Kier alpha value is -2.76. The fourth-order valence-electron chi connectivity index (χ4n) is 2.67. The first kappa shape index (κ1) is 19.6. The minimum Gasteiger partial charge on any atom is -0.339 e. The van der Waals surface area contributed by atoms with Gasteiger partial charge in [-0.15, -0.1) is 0 Å². The van der Waals surface area contributed by atoms with E-state index in [-0.39, 0.29) is 30.5 Å². The van der Waals surface area contributed by atoms with Gasteiger partial charge in [0.05, 0.1) is 0 Å². The van der Waals surface area contributed by atoms with Crippen LogP contribution in [0.5, 0.6) is 0 Å². The van der Waals surface area contributed by atoms with Crippen LogP contribution in [0.3, 0.4) is 0 Å². The van der Waals surface area contributed by atoms with E-state index in [1.807, 2.05) is 37.3 Å². The van der Waals surface area contributed by atoms with Gasteiger partial charge in [0.1, 0.15) is 0 Å². The molecule has 0 saturated carbocycles. The summed E-state index contributed by atoms with van der Waals surface area (Å²) >= 11 is 0. The van der Waals surface area contributed by atoms with Gasteiger partial charge in [0, 0.05) is 44.7 Å². The molecule has 0 fully saturated rings. The van der Waals surface area contributed by atoms with Crippen LogP contribution in [-0.2, 0) is 16.1 Å². The highest BCUT2D eigenvalue weighted by molar-refractivity contribution is 5.92. The molecular formula is C20H22F2N2O2. The molecule has 0 aromatic heterocycles. The molecule has 4 nitrogen and oxygen atoms in total. The molecule has 26 heavy (non-hydrogen) atoms. The van der Waals surface area contributed by atoms with Crippen molar-refractivity contribution in [1.82, 2.24) is 4.90 Å². The molecule has 0 aliphatic heterocycles. The molecule has 0 bridgehead atoms. The summed E-state index contributed by atoms with van der Waals surface area (Å²) in [6.07, 6.45) is 0.0965. The Morgan fingerprint density at radius 3 is 2.27 bits per heavy atom. The van der Waals surface area contributed by atoms with Crippen molar-refractivity contribution in [2.24, 2.45) is 0 Å². The summed E-state index contributed by atoms with van der Waals surface area (Å²) in [5, 5.41) is 0. The average molecular weight is 360 g/mol. The summed E-state index contributed by atoms with van der Waals surface area (Å²) in [5.41, 5.74) is 1.25. The van der Waals surface area contributed by atoms with Crippen LogP contribution in [0.2, 0.25) is 0 Å². The first-order valence-electron chi connectivity index (χ1n) is 8.47. The second-order valence-electron chi connectivity index (χ2n) is 5.91. The lowest BCUT2D eigenvalue weighted by molar-refractivity contribution is -0.131. The number of carbonyl (C=O) groups is 2. The summed E-state index contributed by atoms with van der Waals surface area (Å²) in [7, 11) is 0. The second kappa shape index (κ2) is 9.08. The first-order chi connectivity index (χ1) is 12.4. The second-order valence-corrected chi connectivity index (χ2v) is 5.91. The smallest absolute Gasteiger partial charge is 0.224 e. The summed E-state index contributed by atoms with van der Waals surface area (Å²) in [4.78, 5) is 27.3. The van der Waals surface area contributed by atoms with Gasteiger partial charge >= 0.3 is 0 Å². The molecule has 6 heteroatoms. The van der Waals surface area contributed by atoms with E-state index in [9.17, 15) is 18.4 Å². The molecule has 0 N–H and O–H groups in total. The number of hydrogen-bond donors (Lipinski definition) is 0. The van der Waals surface area contributed by atoms with Gasteiger partial charge in [-0.05, 0) is 24.6 Å². The molecule has 2 rings (SSSR count). The molecule has 0 heterocycles. The van der Waals surface area contributed by atoms with Gasteiger partial charge in [0.2, 0.25) is 11.8 Å². The quantitative estimate of drug-likeness (QED) is 0.754. The first-order valence-corrected chi connectivity index (χ1v) is 8.47. The van der Waals surface area contributed by atoms with Gasteiger partial charge < -0.3 is 9.80 Å². The number of benzene rings is 2. The minimum atomic E-state index is -1.03. The van der Waals surface area contributed by atoms with Crippen molar-refractivity contribution in [1.29, 1.82) is 0 Å². The largest absolute Gasteiger partial charge is 0.339 e. The maximum atomic E-state index is 13.4. The number of halogens is 2. The van der Waals surface area contributed by atoms with E-state index < -0.39 is 11.6 Å². The van der Waals surface area contributed by atoms with Crippen LogP contribution in [0.15, 0.2) is 48.5 Å². The fourth-order valence-corrected chi connectivity index (χ4v) is 2.67. The highest BCUT2D eigenvalue weighted by atomic mass is 19.2. The van der Waals surface area contributed by atoms with E-state index in [4.69, 9.17) is 0 Å². The van der Waals surface area contributed by atoms with Gasteiger partial charge in [-0.25, -0.2) is 8.78 Å². The molecule has 2 amide bonds. The number of nitrogens with zero attached hydrogens (tertiary/aromatic N) is 2. The molecule has 2 aromatic carbocycles. The summed E-state index contributed by atoms with van der Waals surface area (Å²) in [5.74, 6) is -2.45. The standard InChI is InChI=1S/C20H22F2N2O2/c1-3-23(14-16-7-5-4-6-8-16)20(26)11-12-24(15(2)25)17-9-10-18(21)19(22)13-17/h4-10,13H,3,11-12,14H2,1-2H3. The lowest BCUT2D eigenvalue weighted by atomic mass is 10.2. The summed E-state index contributed by atoms with van der Waals surface area (Å²) < 4.78 is 26.5. The van der Waals surface area contributed by atoms with Crippen molar-refractivity contribution in [2.75, 3.05) is 18.0 Å². The molecule has 0 radical (unpaired) electrons. The number of rotatable bonds is 7. The van der Waals surface area contributed by atoms with E-state index in [1.165, 1.54) is 17.9 Å². The highest BCUT2D eigenvalue weighted by Gasteiger charge is 2.18. The SMILES string of the molecule is CCN(Cc1ccccc1)C(=O)CCN(C(C)=O)c1ccc(F)c(F)c1. The summed E-state index contributed by atoms with van der Waals surface area (Å²) in [6.45, 7) is 4.34. The van der Waals surface area contributed by atoms with Crippen LogP contribution < -0.4 is 4.90 Å². The van der Waals surface area contributed by atoms with Crippen molar-refractivity contribution in [2.45, 2.75) is 26.8 Å². The van der Waals surface area contributed by atoms with Crippen LogP contribution >= 0.6 is 0 Å². The molecule has 0 spiro atoms. The Morgan fingerprint density at radius 1 is 1.00 bits per heavy atom. The molecule has 2 aromatic rings. The molecule has 0 aliphatic rings. The average Bonchev–Trinajstić information content (AvgIpc) is 2.63. The Balaban J connectivity index is 2.03. The van der Waals surface area contributed by atoms with Crippen LogP contribution in [0, 0.1) is 11.6 Å². The van der Waals surface area contributed by atoms with Gasteiger partial charge in [-0.3, -0.25) is 9.59 Å². The molecule has 0 atom stereocenters. The van der Waals surface area contributed by atoms with E-state index in [1.54, 1.807) is 4.90 Å². The Morgan fingerprint density at radius 2 is 1.69 bits per heavy atom. The Bertz CT molecular complexity index is 766. The maximum Gasteiger partial charge on any atom is 0.224 e. The van der Waals surface area contributed by atoms with Crippen LogP contribution in [0.4, 0.5) is 14.5 Å². The topological polar surface area (TPSA) is 40.6 Å². The molecule has 0 unspecified atom stereocenters. The van der Waals surface area contributed by atoms with E-state index in [2.05, 4.69) is 0 Å². The maximum absolute atomic E-state index is 13.4. The normalized spacial score (nSPS) is 10.5. The Kier molecular flexibility index (Phi) is 6.83. The van der Waals surface area contributed by atoms with E-state index >= 15 is 0 Å². The number of hydrogen-bond acceptors (Lipinski definition) is 2. The number of amides is 2. The van der Waals surface area contributed by atoms with Crippen molar-refractivity contribution >= 4 is 17.5 Å². The van der Waals surface area contributed by atoms with Crippen LogP contribution in [0.1, 0.15) is 25.8 Å².